The van der Waals surface area contributed by atoms with Gasteiger partial charge in [0, 0.05) is 17.7 Å². The highest BCUT2D eigenvalue weighted by molar-refractivity contribution is 5.69. The Morgan fingerprint density at radius 1 is 1.25 bits per heavy atom. The molecule has 0 radical (unpaired) electrons. The lowest BCUT2D eigenvalue weighted by Crippen LogP contribution is -2.09. The standard InChI is InChI=1S/C16H20FN3/c1-4-8-18-16-14(11(2)3)15(19-10-20-16)12-6-5-7-13(17)9-12/h5-7,9-11H,4,8H2,1-3H3,(H,18,19,20). The number of benzene rings is 1. The fraction of sp³-hybridized carbons (Fsp3) is 0.375. The Morgan fingerprint density at radius 3 is 2.70 bits per heavy atom. The van der Waals surface area contributed by atoms with Gasteiger partial charge in [-0.15, -0.1) is 0 Å². The lowest BCUT2D eigenvalue weighted by Gasteiger charge is -2.17. The smallest absolute Gasteiger partial charge is 0.133 e. The molecule has 0 fully saturated rings. The predicted octanol–water partition coefficient (Wildman–Crippen LogP) is 4.23. The van der Waals surface area contributed by atoms with Crippen molar-refractivity contribution in [1.82, 2.24) is 9.97 Å². The first-order valence-electron chi connectivity index (χ1n) is 6.98. The second-order valence-corrected chi connectivity index (χ2v) is 5.08. The summed E-state index contributed by atoms with van der Waals surface area (Å²) in [5.74, 6) is 0.851. The Morgan fingerprint density at radius 2 is 2.05 bits per heavy atom. The van der Waals surface area contributed by atoms with Crippen LogP contribution >= 0.6 is 0 Å². The van der Waals surface area contributed by atoms with Crippen LogP contribution in [0.2, 0.25) is 0 Å². The van der Waals surface area contributed by atoms with Crippen LogP contribution < -0.4 is 5.32 Å². The van der Waals surface area contributed by atoms with E-state index < -0.39 is 0 Å². The molecule has 0 bridgehead atoms. The van der Waals surface area contributed by atoms with E-state index in [1.54, 1.807) is 6.07 Å². The molecule has 0 aliphatic heterocycles. The molecule has 0 saturated heterocycles. The summed E-state index contributed by atoms with van der Waals surface area (Å²) in [6, 6.07) is 6.53. The van der Waals surface area contributed by atoms with Gasteiger partial charge in [0.15, 0.2) is 0 Å². The van der Waals surface area contributed by atoms with Crippen molar-refractivity contribution in [2.24, 2.45) is 0 Å². The average Bonchev–Trinajstić information content (AvgIpc) is 2.44. The maximum Gasteiger partial charge on any atom is 0.133 e. The van der Waals surface area contributed by atoms with Crippen molar-refractivity contribution in [3.63, 3.8) is 0 Å². The van der Waals surface area contributed by atoms with Crippen LogP contribution in [-0.2, 0) is 0 Å². The van der Waals surface area contributed by atoms with E-state index in [4.69, 9.17) is 0 Å². The lowest BCUT2D eigenvalue weighted by atomic mass is 9.97. The zero-order chi connectivity index (χ0) is 14.5. The maximum absolute atomic E-state index is 13.4. The fourth-order valence-corrected chi connectivity index (χ4v) is 2.19. The van der Waals surface area contributed by atoms with Crippen molar-refractivity contribution < 1.29 is 4.39 Å². The topological polar surface area (TPSA) is 37.8 Å². The molecule has 1 N–H and O–H groups in total. The largest absolute Gasteiger partial charge is 0.370 e. The Hall–Kier alpha value is -1.97. The van der Waals surface area contributed by atoms with Crippen molar-refractivity contribution in [3.05, 3.63) is 42.0 Å². The van der Waals surface area contributed by atoms with Gasteiger partial charge in [-0.05, 0) is 24.5 Å². The number of halogens is 1. The van der Waals surface area contributed by atoms with E-state index in [9.17, 15) is 4.39 Å². The van der Waals surface area contributed by atoms with Gasteiger partial charge in [0.05, 0.1) is 5.69 Å². The zero-order valence-electron chi connectivity index (χ0n) is 12.2. The van der Waals surface area contributed by atoms with Crippen LogP contribution in [0.4, 0.5) is 10.2 Å². The summed E-state index contributed by atoms with van der Waals surface area (Å²) < 4.78 is 13.4. The zero-order valence-corrected chi connectivity index (χ0v) is 12.2. The Bertz CT molecular complexity index is 582. The average molecular weight is 273 g/mol. The molecule has 1 aromatic carbocycles. The summed E-state index contributed by atoms with van der Waals surface area (Å²) in [7, 11) is 0. The summed E-state index contributed by atoms with van der Waals surface area (Å²) >= 11 is 0. The molecule has 20 heavy (non-hydrogen) atoms. The fourth-order valence-electron chi connectivity index (χ4n) is 2.19. The molecule has 0 unspecified atom stereocenters. The van der Waals surface area contributed by atoms with Crippen LogP contribution in [0.3, 0.4) is 0 Å². The molecular weight excluding hydrogens is 253 g/mol. The molecule has 2 aromatic rings. The van der Waals surface area contributed by atoms with Gasteiger partial charge in [-0.3, -0.25) is 0 Å². The van der Waals surface area contributed by atoms with E-state index in [0.717, 1.165) is 35.6 Å². The second kappa shape index (κ2) is 6.46. The van der Waals surface area contributed by atoms with Crippen molar-refractivity contribution in [3.8, 4) is 11.3 Å². The number of nitrogens with one attached hydrogen (secondary N) is 1. The quantitative estimate of drug-likeness (QED) is 0.886. The number of anilines is 1. The summed E-state index contributed by atoms with van der Waals surface area (Å²) in [6.45, 7) is 7.16. The first kappa shape index (κ1) is 14.4. The highest BCUT2D eigenvalue weighted by atomic mass is 19.1. The van der Waals surface area contributed by atoms with Gasteiger partial charge >= 0.3 is 0 Å². The molecule has 2 rings (SSSR count). The Kier molecular flexibility index (Phi) is 4.66. The SMILES string of the molecule is CCCNc1ncnc(-c2cccc(F)c2)c1C(C)C. The Balaban J connectivity index is 2.52. The van der Waals surface area contributed by atoms with Crippen molar-refractivity contribution >= 4 is 5.82 Å². The third kappa shape index (κ3) is 3.13. The maximum atomic E-state index is 13.4. The molecule has 0 aliphatic rings. The Labute approximate surface area is 119 Å². The van der Waals surface area contributed by atoms with Crippen molar-refractivity contribution in [2.75, 3.05) is 11.9 Å². The third-order valence-corrected chi connectivity index (χ3v) is 3.10. The third-order valence-electron chi connectivity index (χ3n) is 3.10. The van der Waals surface area contributed by atoms with Gasteiger partial charge in [0.25, 0.3) is 0 Å². The number of rotatable bonds is 5. The van der Waals surface area contributed by atoms with Crippen LogP contribution in [0.25, 0.3) is 11.3 Å². The minimum Gasteiger partial charge on any atom is -0.370 e. The molecule has 4 heteroatoms. The number of hydrogen-bond donors (Lipinski definition) is 1. The first-order chi connectivity index (χ1) is 9.63. The molecule has 0 atom stereocenters. The minimum absolute atomic E-state index is 0.251. The van der Waals surface area contributed by atoms with E-state index in [-0.39, 0.29) is 11.7 Å². The molecule has 1 aromatic heterocycles. The van der Waals surface area contributed by atoms with Gasteiger partial charge in [0.2, 0.25) is 0 Å². The predicted molar refractivity (Wildman–Crippen MR) is 80.3 cm³/mol. The minimum atomic E-state index is -0.251. The van der Waals surface area contributed by atoms with Gasteiger partial charge in [0.1, 0.15) is 18.0 Å². The van der Waals surface area contributed by atoms with E-state index >= 15 is 0 Å². The monoisotopic (exact) mass is 273 g/mol. The number of hydrogen-bond acceptors (Lipinski definition) is 3. The summed E-state index contributed by atoms with van der Waals surface area (Å²) in [4.78, 5) is 8.69. The van der Waals surface area contributed by atoms with E-state index in [2.05, 4.69) is 36.1 Å². The normalized spacial score (nSPS) is 10.8. The van der Waals surface area contributed by atoms with Gasteiger partial charge in [-0.2, -0.15) is 0 Å². The molecule has 1 heterocycles. The van der Waals surface area contributed by atoms with Crippen LogP contribution in [0.1, 0.15) is 38.7 Å². The van der Waals surface area contributed by atoms with Gasteiger partial charge in [-0.1, -0.05) is 32.9 Å². The van der Waals surface area contributed by atoms with E-state index in [1.807, 2.05) is 6.07 Å². The highest BCUT2D eigenvalue weighted by Gasteiger charge is 2.16. The summed E-state index contributed by atoms with van der Waals surface area (Å²) in [5.41, 5.74) is 2.62. The van der Waals surface area contributed by atoms with Crippen LogP contribution in [0.5, 0.6) is 0 Å². The molecular formula is C16H20FN3. The molecule has 0 amide bonds. The van der Waals surface area contributed by atoms with Crippen LogP contribution in [0, 0.1) is 5.82 Å². The summed E-state index contributed by atoms with van der Waals surface area (Å²) in [6.07, 6.45) is 2.56. The first-order valence-corrected chi connectivity index (χ1v) is 6.98. The van der Waals surface area contributed by atoms with E-state index in [0.29, 0.717) is 0 Å². The number of nitrogens with zero attached hydrogens (tertiary/aromatic N) is 2. The van der Waals surface area contributed by atoms with Crippen molar-refractivity contribution in [2.45, 2.75) is 33.1 Å². The molecule has 0 spiro atoms. The molecule has 0 aliphatic carbocycles. The van der Waals surface area contributed by atoms with Crippen LogP contribution in [-0.4, -0.2) is 16.5 Å². The molecule has 106 valence electrons. The second-order valence-electron chi connectivity index (χ2n) is 5.08. The van der Waals surface area contributed by atoms with E-state index in [1.165, 1.54) is 18.5 Å². The summed E-state index contributed by atoms with van der Waals surface area (Å²) in [5, 5.41) is 3.32. The van der Waals surface area contributed by atoms with Gasteiger partial charge in [-0.25, -0.2) is 14.4 Å². The number of aromatic nitrogens is 2. The lowest BCUT2D eigenvalue weighted by molar-refractivity contribution is 0.628. The van der Waals surface area contributed by atoms with Crippen molar-refractivity contribution in [1.29, 1.82) is 0 Å². The highest BCUT2D eigenvalue weighted by Crippen LogP contribution is 2.31. The van der Waals surface area contributed by atoms with Crippen LogP contribution in [0.15, 0.2) is 30.6 Å². The van der Waals surface area contributed by atoms with Gasteiger partial charge < -0.3 is 5.32 Å². The molecule has 3 nitrogen and oxygen atoms in total. The molecule has 0 saturated carbocycles.